The molecule has 0 bridgehead atoms. The van der Waals surface area contributed by atoms with Crippen LogP contribution in [0.2, 0.25) is 0 Å². The first-order chi connectivity index (χ1) is 8.81. The summed E-state index contributed by atoms with van der Waals surface area (Å²) in [7, 11) is 0. The Labute approximate surface area is 113 Å². The highest BCUT2D eigenvalue weighted by Gasteiger charge is 2.19. The van der Waals surface area contributed by atoms with E-state index in [-0.39, 0.29) is 24.9 Å². The van der Waals surface area contributed by atoms with E-state index in [0.717, 1.165) is 11.4 Å². The third-order valence-electron chi connectivity index (χ3n) is 2.89. The van der Waals surface area contributed by atoms with Gasteiger partial charge in [-0.25, -0.2) is 0 Å². The number of rotatable bonds is 6. The van der Waals surface area contributed by atoms with Crippen LogP contribution < -0.4 is 0 Å². The summed E-state index contributed by atoms with van der Waals surface area (Å²) in [5.41, 5.74) is 1.91. The van der Waals surface area contributed by atoms with Gasteiger partial charge in [0.15, 0.2) is 0 Å². The molecule has 1 amide bonds. The molecular formula is C13H21N3O3. The molecule has 0 radical (unpaired) electrons. The molecule has 0 aliphatic rings. The van der Waals surface area contributed by atoms with E-state index in [1.165, 1.54) is 4.90 Å². The second-order valence-electron chi connectivity index (χ2n) is 4.91. The first-order valence-corrected chi connectivity index (χ1v) is 6.33. The maximum absolute atomic E-state index is 12.0. The van der Waals surface area contributed by atoms with Crippen LogP contribution in [0.15, 0.2) is 6.07 Å². The molecule has 0 aliphatic heterocycles. The number of nitrogens with zero attached hydrogens (tertiary/aromatic N) is 3. The van der Waals surface area contributed by atoms with E-state index in [0.29, 0.717) is 6.54 Å². The van der Waals surface area contributed by atoms with Crippen molar-refractivity contribution < 1.29 is 14.7 Å². The average Bonchev–Trinajstić information content (AvgIpc) is 2.61. The number of hydrogen-bond acceptors (Lipinski definition) is 3. The highest BCUT2D eigenvalue weighted by atomic mass is 16.4. The lowest BCUT2D eigenvalue weighted by atomic mass is 10.2. The molecule has 1 aromatic rings. The normalized spacial score (nSPS) is 10.8. The molecule has 1 rings (SSSR count). The van der Waals surface area contributed by atoms with Gasteiger partial charge in [-0.3, -0.25) is 14.3 Å². The van der Waals surface area contributed by atoms with Gasteiger partial charge in [0.1, 0.15) is 6.54 Å². The van der Waals surface area contributed by atoms with Crippen LogP contribution in [-0.4, -0.2) is 44.3 Å². The third-order valence-corrected chi connectivity index (χ3v) is 2.89. The zero-order chi connectivity index (χ0) is 14.6. The Balaban J connectivity index is 2.62. The average molecular weight is 267 g/mol. The van der Waals surface area contributed by atoms with Gasteiger partial charge in [0.05, 0.1) is 5.69 Å². The Morgan fingerprint density at radius 2 is 2.05 bits per heavy atom. The molecule has 0 unspecified atom stereocenters. The predicted molar refractivity (Wildman–Crippen MR) is 70.8 cm³/mol. The number of carboxylic acids is 1. The summed E-state index contributed by atoms with van der Waals surface area (Å²) in [6.45, 7) is 7.67. The summed E-state index contributed by atoms with van der Waals surface area (Å²) >= 11 is 0. The number of hydrogen-bond donors (Lipinski definition) is 1. The molecule has 19 heavy (non-hydrogen) atoms. The number of carboxylic acid groups (broad SMARTS) is 1. The van der Waals surface area contributed by atoms with Crippen molar-refractivity contribution >= 4 is 11.9 Å². The van der Waals surface area contributed by atoms with Crippen LogP contribution in [0.4, 0.5) is 0 Å². The molecule has 0 saturated heterocycles. The summed E-state index contributed by atoms with van der Waals surface area (Å²) < 4.78 is 1.77. The van der Waals surface area contributed by atoms with Crippen molar-refractivity contribution in [1.82, 2.24) is 14.7 Å². The van der Waals surface area contributed by atoms with E-state index < -0.39 is 5.97 Å². The van der Waals surface area contributed by atoms with Crippen LogP contribution >= 0.6 is 0 Å². The monoisotopic (exact) mass is 267 g/mol. The largest absolute Gasteiger partial charge is 0.480 e. The van der Waals surface area contributed by atoms with Gasteiger partial charge in [-0.05, 0) is 33.8 Å². The first kappa shape index (κ1) is 15.2. The van der Waals surface area contributed by atoms with Crippen molar-refractivity contribution in [3.63, 3.8) is 0 Å². The second-order valence-corrected chi connectivity index (χ2v) is 4.91. The van der Waals surface area contributed by atoms with Crippen molar-refractivity contribution in [3.05, 3.63) is 17.5 Å². The Bertz CT molecular complexity index is 466. The van der Waals surface area contributed by atoms with Crippen molar-refractivity contribution in [2.24, 2.45) is 0 Å². The highest BCUT2D eigenvalue weighted by molar-refractivity contribution is 5.81. The van der Waals surface area contributed by atoms with Gasteiger partial charge in [-0.2, -0.15) is 5.10 Å². The fourth-order valence-corrected chi connectivity index (χ4v) is 1.95. The lowest BCUT2D eigenvalue weighted by Crippen LogP contribution is -2.41. The Morgan fingerprint density at radius 3 is 2.47 bits per heavy atom. The minimum absolute atomic E-state index is 0.121. The summed E-state index contributed by atoms with van der Waals surface area (Å²) in [5.74, 6) is -1.15. The van der Waals surface area contributed by atoms with Gasteiger partial charge in [0.25, 0.3) is 0 Å². The summed E-state index contributed by atoms with van der Waals surface area (Å²) in [6.07, 6.45) is 0.257. The van der Waals surface area contributed by atoms with E-state index in [9.17, 15) is 9.59 Å². The number of carbonyl (C=O) groups is 2. The minimum Gasteiger partial charge on any atom is -0.480 e. The molecule has 1 heterocycles. The topological polar surface area (TPSA) is 75.4 Å². The fraction of sp³-hybridized carbons (Fsp3) is 0.615. The van der Waals surface area contributed by atoms with Gasteiger partial charge in [0.2, 0.25) is 5.91 Å². The molecule has 1 aromatic heterocycles. The summed E-state index contributed by atoms with van der Waals surface area (Å²) in [4.78, 5) is 24.1. The Kier molecular flexibility index (Phi) is 5.09. The SMILES string of the molecule is Cc1cc(C)n(CCC(=O)N(CC(=O)O)C(C)C)n1. The third kappa shape index (κ3) is 4.39. The van der Waals surface area contributed by atoms with Gasteiger partial charge < -0.3 is 10.0 Å². The van der Waals surface area contributed by atoms with E-state index in [2.05, 4.69) is 5.10 Å². The number of aromatic nitrogens is 2. The van der Waals surface area contributed by atoms with Crippen LogP contribution in [0.25, 0.3) is 0 Å². The molecule has 0 saturated carbocycles. The van der Waals surface area contributed by atoms with Crippen LogP contribution in [0.1, 0.15) is 31.7 Å². The van der Waals surface area contributed by atoms with E-state index in [1.54, 1.807) is 4.68 Å². The molecule has 0 atom stereocenters. The van der Waals surface area contributed by atoms with Crippen LogP contribution in [0, 0.1) is 13.8 Å². The van der Waals surface area contributed by atoms with Crippen molar-refractivity contribution in [3.8, 4) is 0 Å². The lowest BCUT2D eigenvalue weighted by Gasteiger charge is -2.24. The second kappa shape index (κ2) is 6.36. The molecule has 0 aromatic carbocycles. The molecule has 106 valence electrons. The predicted octanol–water partition coefficient (Wildman–Crippen LogP) is 1.21. The Morgan fingerprint density at radius 1 is 1.42 bits per heavy atom. The van der Waals surface area contributed by atoms with Crippen LogP contribution in [0.5, 0.6) is 0 Å². The molecule has 0 aliphatic carbocycles. The van der Waals surface area contributed by atoms with Crippen LogP contribution in [-0.2, 0) is 16.1 Å². The maximum Gasteiger partial charge on any atom is 0.323 e. The summed E-state index contributed by atoms with van der Waals surface area (Å²) in [6, 6.07) is 1.83. The zero-order valence-electron chi connectivity index (χ0n) is 11.9. The number of aliphatic carboxylic acids is 1. The molecule has 6 heteroatoms. The number of aryl methyl sites for hydroxylation is 3. The molecule has 1 N–H and O–H groups in total. The number of amides is 1. The van der Waals surface area contributed by atoms with E-state index in [4.69, 9.17) is 5.11 Å². The fourth-order valence-electron chi connectivity index (χ4n) is 1.95. The van der Waals surface area contributed by atoms with E-state index >= 15 is 0 Å². The van der Waals surface area contributed by atoms with Crippen molar-refractivity contribution in [1.29, 1.82) is 0 Å². The van der Waals surface area contributed by atoms with Gasteiger partial charge in [-0.1, -0.05) is 0 Å². The maximum atomic E-state index is 12.0. The molecule has 0 spiro atoms. The quantitative estimate of drug-likeness (QED) is 0.840. The van der Waals surface area contributed by atoms with E-state index in [1.807, 2.05) is 33.8 Å². The Hall–Kier alpha value is -1.85. The molecular weight excluding hydrogens is 246 g/mol. The number of carbonyl (C=O) groups excluding carboxylic acids is 1. The smallest absolute Gasteiger partial charge is 0.323 e. The van der Waals surface area contributed by atoms with Gasteiger partial charge in [0, 0.05) is 24.7 Å². The van der Waals surface area contributed by atoms with Crippen molar-refractivity contribution in [2.45, 2.75) is 46.7 Å². The first-order valence-electron chi connectivity index (χ1n) is 6.33. The minimum atomic E-state index is -0.992. The van der Waals surface area contributed by atoms with Gasteiger partial charge >= 0.3 is 5.97 Å². The van der Waals surface area contributed by atoms with Gasteiger partial charge in [-0.15, -0.1) is 0 Å². The summed E-state index contributed by atoms with van der Waals surface area (Å²) in [5, 5.41) is 13.1. The standard InChI is InChI=1S/C13H21N3O3/c1-9(2)15(8-13(18)19)12(17)5-6-16-11(4)7-10(3)14-16/h7,9H,5-6,8H2,1-4H3,(H,18,19). The zero-order valence-corrected chi connectivity index (χ0v) is 11.9. The molecule has 0 fully saturated rings. The van der Waals surface area contributed by atoms with Crippen molar-refractivity contribution in [2.75, 3.05) is 6.54 Å². The highest BCUT2D eigenvalue weighted by Crippen LogP contribution is 2.06. The molecule has 6 nitrogen and oxygen atoms in total. The lowest BCUT2D eigenvalue weighted by molar-refractivity contribution is -0.145. The van der Waals surface area contributed by atoms with Crippen LogP contribution in [0.3, 0.4) is 0 Å².